The number of likely N-dealkylation sites (tertiary alicyclic amines) is 1. The van der Waals surface area contributed by atoms with E-state index in [1.165, 1.54) is 0 Å². The minimum Gasteiger partial charge on any atom is -0.497 e. The standard InChI is InChI=1S/C22H25NO3/c1-17(24)22(19-6-4-3-5-7-19)12-14-23(15-13-22)16-21(25)18-8-10-20(26-2)11-9-18/h3-11H,12-16H2,1-2H3. The molecule has 0 aromatic heterocycles. The van der Waals surface area contributed by atoms with Gasteiger partial charge in [0.1, 0.15) is 11.5 Å². The second-order valence-corrected chi connectivity index (χ2v) is 6.93. The Morgan fingerprint density at radius 2 is 1.62 bits per heavy atom. The molecule has 0 N–H and O–H groups in total. The highest BCUT2D eigenvalue weighted by molar-refractivity contribution is 5.97. The lowest BCUT2D eigenvalue weighted by molar-refractivity contribution is -0.124. The number of Topliss-reactive ketones (excluding diaryl/α,β-unsaturated/α-hetero) is 2. The molecule has 136 valence electrons. The molecule has 2 aromatic rings. The second-order valence-electron chi connectivity index (χ2n) is 6.93. The molecule has 1 fully saturated rings. The van der Waals surface area contributed by atoms with Gasteiger partial charge in [0.05, 0.1) is 19.1 Å². The number of ketones is 2. The smallest absolute Gasteiger partial charge is 0.176 e. The van der Waals surface area contributed by atoms with Gasteiger partial charge in [-0.25, -0.2) is 0 Å². The van der Waals surface area contributed by atoms with E-state index in [0.717, 1.165) is 37.2 Å². The number of rotatable bonds is 6. The summed E-state index contributed by atoms with van der Waals surface area (Å²) in [4.78, 5) is 27.1. The van der Waals surface area contributed by atoms with Gasteiger partial charge < -0.3 is 4.74 Å². The maximum Gasteiger partial charge on any atom is 0.176 e. The molecule has 1 heterocycles. The molecular weight excluding hydrogens is 326 g/mol. The first-order valence-electron chi connectivity index (χ1n) is 9.01. The molecule has 0 bridgehead atoms. The van der Waals surface area contributed by atoms with Crippen molar-refractivity contribution in [2.24, 2.45) is 0 Å². The molecule has 0 radical (unpaired) electrons. The fraction of sp³-hybridized carbons (Fsp3) is 0.364. The van der Waals surface area contributed by atoms with Crippen LogP contribution in [0.1, 0.15) is 35.7 Å². The lowest BCUT2D eigenvalue weighted by Gasteiger charge is -2.40. The van der Waals surface area contributed by atoms with E-state index >= 15 is 0 Å². The van der Waals surface area contributed by atoms with E-state index in [4.69, 9.17) is 4.74 Å². The summed E-state index contributed by atoms with van der Waals surface area (Å²) in [5.74, 6) is 1.06. The largest absolute Gasteiger partial charge is 0.497 e. The molecular formula is C22H25NO3. The van der Waals surface area contributed by atoms with Crippen LogP contribution >= 0.6 is 0 Å². The molecule has 0 aliphatic carbocycles. The van der Waals surface area contributed by atoms with Crippen molar-refractivity contribution in [3.63, 3.8) is 0 Å². The first-order valence-corrected chi connectivity index (χ1v) is 9.01. The van der Waals surface area contributed by atoms with E-state index in [0.29, 0.717) is 12.1 Å². The molecule has 0 saturated carbocycles. The second kappa shape index (κ2) is 7.83. The average molecular weight is 351 g/mol. The van der Waals surface area contributed by atoms with Crippen molar-refractivity contribution in [2.45, 2.75) is 25.2 Å². The topological polar surface area (TPSA) is 46.6 Å². The summed E-state index contributed by atoms with van der Waals surface area (Å²) in [7, 11) is 1.61. The number of nitrogens with zero attached hydrogens (tertiary/aromatic N) is 1. The van der Waals surface area contributed by atoms with Crippen LogP contribution in [0.15, 0.2) is 54.6 Å². The zero-order valence-electron chi connectivity index (χ0n) is 15.4. The Kier molecular flexibility index (Phi) is 5.52. The molecule has 3 rings (SSSR count). The van der Waals surface area contributed by atoms with Crippen LogP contribution in [-0.2, 0) is 10.2 Å². The Labute approximate surface area is 154 Å². The van der Waals surface area contributed by atoms with Crippen LogP contribution in [-0.4, -0.2) is 43.2 Å². The van der Waals surface area contributed by atoms with Gasteiger partial charge in [0, 0.05) is 5.56 Å². The van der Waals surface area contributed by atoms with Crippen molar-refractivity contribution in [1.29, 1.82) is 0 Å². The van der Waals surface area contributed by atoms with Crippen LogP contribution in [0.2, 0.25) is 0 Å². The zero-order chi connectivity index (χ0) is 18.6. The predicted molar refractivity (Wildman–Crippen MR) is 102 cm³/mol. The summed E-state index contributed by atoms with van der Waals surface area (Å²) in [5, 5.41) is 0. The third kappa shape index (κ3) is 3.70. The highest BCUT2D eigenvalue weighted by Crippen LogP contribution is 2.36. The summed E-state index contributed by atoms with van der Waals surface area (Å²) in [6, 6.07) is 17.2. The number of benzene rings is 2. The number of piperidine rings is 1. The van der Waals surface area contributed by atoms with Crippen LogP contribution in [0.5, 0.6) is 5.75 Å². The van der Waals surface area contributed by atoms with E-state index in [-0.39, 0.29) is 11.6 Å². The van der Waals surface area contributed by atoms with Crippen LogP contribution in [0, 0.1) is 0 Å². The molecule has 0 spiro atoms. The summed E-state index contributed by atoms with van der Waals surface area (Å²) >= 11 is 0. The first kappa shape index (κ1) is 18.3. The van der Waals surface area contributed by atoms with Crippen LogP contribution in [0.3, 0.4) is 0 Å². The van der Waals surface area contributed by atoms with Gasteiger partial charge in [-0.2, -0.15) is 0 Å². The van der Waals surface area contributed by atoms with Crippen molar-refractivity contribution >= 4 is 11.6 Å². The molecule has 4 nitrogen and oxygen atoms in total. The Morgan fingerprint density at radius 3 is 2.15 bits per heavy atom. The van der Waals surface area contributed by atoms with E-state index in [1.807, 2.05) is 30.3 Å². The minimum atomic E-state index is -0.416. The number of methoxy groups -OCH3 is 1. The van der Waals surface area contributed by atoms with E-state index in [9.17, 15) is 9.59 Å². The molecule has 2 aromatic carbocycles. The average Bonchev–Trinajstić information content (AvgIpc) is 2.69. The van der Waals surface area contributed by atoms with Crippen molar-refractivity contribution in [2.75, 3.05) is 26.7 Å². The highest BCUT2D eigenvalue weighted by atomic mass is 16.5. The number of hydrogen-bond donors (Lipinski definition) is 0. The zero-order valence-corrected chi connectivity index (χ0v) is 15.4. The quantitative estimate of drug-likeness (QED) is 0.748. The normalized spacial score (nSPS) is 16.8. The summed E-state index contributed by atoms with van der Waals surface area (Å²) in [6.45, 7) is 3.56. The van der Waals surface area contributed by atoms with E-state index < -0.39 is 5.41 Å². The van der Waals surface area contributed by atoms with E-state index in [1.54, 1.807) is 38.3 Å². The highest BCUT2D eigenvalue weighted by Gasteiger charge is 2.40. The Morgan fingerprint density at radius 1 is 1.00 bits per heavy atom. The van der Waals surface area contributed by atoms with Gasteiger partial charge in [0.2, 0.25) is 0 Å². The predicted octanol–water partition coefficient (Wildman–Crippen LogP) is 3.50. The number of carbonyl (C=O) groups excluding carboxylic acids is 2. The number of carbonyl (C=O) groups is 2. The summed E-state index contributed by atoms with van der Waals surface area (Å²) < 4.78 is 5.13. The van der Waals surface area contributed by atoms with Gasteiger partial charge in [-0.15, -0.1) is 0 Å². The van der Waals surface area contributed by atoms with Crippen molar-refractivity contribution in [1.82, 2.24) is 4.90 Å². The SMILES string of the molecule is COc1ccc(C(=O)CN2CCC(C(C)=O)(c3ccccc3)CC2)cc1. The molecule has 26 heavy (non-hydrogen) atoms. The van der Waals surface area contributed by atoms with Gasteiger partial charge in [-0.3, -0.25) is 14.5 Å². The first-order chi connectivity index (χ1) is 12.5. The van der Waals surface area contributed by atoms with Crippen molar-refractivity contribution < 1.29 is 14.3 Å². The monoisotopic (exact) mass is 351 g/mol. The molecule has 0 atom stereocenters. The Bertz CT molecular complexity index is 760. The third-order valence-corrected chi connectivity index (χ3v) is 5.49. The van der Waals surface area contributed by atoms with E-state index in [2.05, 4.69) is 4.90 Å². The lowest BCUT2D eigenvalue weighted by Crippen LogP contribution is -2.47. The lowest BCUT2D eigenvalue weighted by atomic mass is 9.70. The van der Waals surface area contributed by atoms with Crippen molar-refractivity contribution in [3.05, 3.63) is 65.7 Å². The van der Waals surface area contributed by atoms with Crippen LogP contribution in [0.25, 0.3) is 0 Å². The van der Waals surface area contributed by atoms with Gasteiger partial charge in [0.25, 0.3) is 0 Å². The molecule has 4 heteroatoms. The van der Waals surface area contributed by atoms with Gasteiger partial charge >= 0.3 is 0 Å². The van der Waals surface area contributed by atoms with Gasteiger partial charge in [0.15, 0.2) is 5.78 Å². The fourth-order valence-corrected chi connectivity index (χ4v) is 3.77. The third-order valence-electron chi connectivity index (χ3n) is 5.49. The molecule has 0 amide bonds. The van der Waals surface area contributed by atoms with Crippen molar-refractivity contribution in [3.8, 4) is 5.75 Å². The Balaban J connectivity index is 1.65. The fourth-order valence-electron chi connectivity index (χ4n) is 3.77. The minimum absolute atomic E-state index is 0.0997. The maximum absolute atomic E-state index is 12.5. The maximum atomic E-state index is 12.5. The number of hydrogen-bond acceptors (Lipinski definition) is 4. The summed E-state index contributed by atoms with van der Waals surface area (Å²) in [5.41, 5.74) is 1.37. The Hall–Kier alpha value is -2.46. The number of ether oxygens (including phenoxy) is 1. The van der Waals surface area contributed by atoms with Crippen LogP contribution < -0.4 is 4.74 Å². The molecule has 1 saturated heterocycles. The van der Waals surface area contributed by atoms with Gasteiger partial charge in [-0.1, -0.05) is 30.3 Å². The molecule has 1 aliphatic rings. The van der Waals surface area contributed by atoms with Crippen LogP contribution in [0.4, 0.5) is 0 Å². The molecule has 1 aliphatic heterocycles. The summed E-state index contributed by atoms with van der Waals surface area (Å²) in [6.07, 6.45) is 1.50. The van der Waals surface area contributed by atoms with Gasteiger partial charge in [-0.05, 0) is 62.7 Å². The molecule has 0 unspecified atom stereocenters.